The maximum absolute atomic E-state index is 13.3. The van der Waals surface area contributed by atoms with Gasteiger partial charge in [0.25, 0.3) is 11.7 Å². The molecular formula is C29H28N2O5. The van der Waals surface area contributed by atoms with E-state index in [2.05, 4.69) is 11.6 Å². The Kier molecular flexibility index (Phi) is 7.49. The third-order valence-electron chi connectivity index (χ3n) is 5.94. The Morgan fingerprint density at radius 3 is 2.50 bits per heavy atom. The first-order valence-electron chi connectivity index (χ1n) is 11.7. The molecule has 0 aliphatic carbocycles. The Balaban J connectivity index is 1.81. The summed E-state index contributed by atoms with van der Waals surface area (Å²) in [6.07, 6.45) is 4.95. The van der Waals surface area contributed by atoms with Gasteiger partial charge in [-0.15, -0.1) is 0 Å². The zero-order chi connectivity index (χ0) is 25.7. The number of ketones is 1. The summed E-state index contributed by atoms with van der Waals surface area (Å²) in [7, 11) is 0. The number of hydrogen-bond acceptors (Lipinski definition) is 6. The maximum atomic E-state index is 13.3. The van der Waals surface area contributed by atoms with Crippen molar-refractivity contribution in [3.05, 3.63) is 107 Å². The second-order valence-corrected chi connectivity index (χ2v) is 8.37. The maximum Gasteiger partial charge on any atom is 0.295 e. The summed E-state index contributed by atoms with van der Waals surface area (Å²) in [5, 5.41) is 11.4. The molecule has 1 atom stereocenters. The first-order valence-corrected chi connectivity index (χ1v) is 11.7. The van der Waals surface area contributed by atoms with Gasteiger partial charge in [-0.2, -0.15) is 0 Å². The summed E-state index contributed by atoms with van der Waals surface area (Å²) in [6, 6.07) is 15.2. The van der Waals surface area contributed by atoms with E-state index < -0.39 is 17.7 Å². The molecule has 1 saturated heterocycles. The normalized spacial score (nSPS) is 16.7. The summed E-state index contributed by atoms with van der Waals surface area (Å²) in [6.45, 7) is 8.39. The molecular weight excluding hydrogens is 456 g/mol. The molecule has 1 amide bonds. The summed E-state index contributed by atoms with van der Waals surface area (Å²) in [4.78, 5) is 32.1. The van der Waals surface area contributed by atoms with E-state index in [-0.39, 0.29) is 17.9 Å². The van der Waals surface area contributed by atoms with Crippen LogP contribution >= 0.6 is 0 Å². The molecule has 1 aliphatic heterocycles. The Bertz CT molecular complexity index is 1300. The van der Waals surface area contributed by atoms with Gasteiger partial charge in [0.05, 0.1) is 18.2 Å². The highest BCUT2D eigenvalue weighted by Crippen LogP contribution is 2.41. The van der Waals surface area contributed by atoms with Crippen LogP contribution in [-0.4, -0.2) is 39.9 Å². The number of aryl methyl sites for hydroxylation is 1. The molecule has 7 nitrogen and oxygen atoms in total. The Morgan fingerprint density at radius 2 is 1.86 bits per heavy atom. The number of benzene rings is 2. The lowest BCUT2D eigenvalue weighted by Gasteiger charge is -2.25. The number of Topliss-reactive ketones (excluding diaryl/α,β-unsaturated/α-hetero) is 1. The van der Waals surface area contributed by atoms with E-state index in [0.29, 0.717) is 35.8 Å². The van der Waals surface area contributed by atoms with Crippen LogP contribution in [0.4, 0.5) is 0 Å². The van der Waals surface area contributed by atoms with Crippen molar-refractivity contribution in [3.63, 3.8) is 0 Å². The van der Waals surface area contributed by atoms with Crippen molar-refractivity contribution in [2.75, 3.05) is 13.2 Å². The fourth-order valence-electron chi connectivity index (χ4n) is 4.28. The van der Waals surface area contributed by atoms with Gasteiger partial charge in [0.15, 0.2) is 0 Å². The van der Waals surface area contributed by atoms with E-state index in [1.54, 1.807) is 67.0 Å². The average molecular weight is 485 g/mol. The number of carbonyl (C=O) groups excluding carboxylic acids is 2. The molecule has 2 aromatic carbocycles. The van der Waals surface area contributed by atoms with Crippen LogP contribution in [0, 0.1) is 6.92 Å². The van der Waals surface area contributed by atoms with Crippen LogP contribution < -0.4 is 9.47 Å². The van der Waals surface area contributed by atoms with Crippen LogP contribution in [0.2, 0.25) is 0 Å². The summed E-state index contributed by atoms with van der Waals surface area (Å²) in [5.41, 5.74) is 2.68. The fraction of sp³-hybridized carbons (Fsp3) is 0.207. The van der Waals surface area contributed by atoms with Crippen LogP contribution in [0.1, 0.15) is 35.2 Å². The van der Waals surface area contributed by atoms with Crippen molar-refractivity contribution in [2.24, 2.45) is 0 Å². The molecule has 0 saturated carbocycles. The Labute approximate surface area is 210 Å². The predicted octanol–water partition coefficient (Wildman–Crippen LogP) is 4.98. The number of rotatable bonds is 9. The van der Waals surface area contributed by atoms with Crippen molar-refractivity contribution in [3.8, 4) is 11.5 Å². The number of nitrogens with zero attached hydrogens (tertiary/aromatic N) is 2. The minimum Gasteiger partial charge on any atom is -0.507 e. The average Bonchev–Trinajstić information content (AvgIpc) is 3.13. The molecule has 3 aromatic rings. The van der Waals surface area contributed by atoms with Crippen molar-refractivity contribution in [1.29, 1.82) is 0 Å². The van der Waals surface area contributed by atoms with Gasteiger partial charge < -0.3 is 19.5 Å². The number of likely N-dealkylation sites (tertiary alicyclic amines) is 1. The lowest BCUT2D eigenvalue weighted by Crippen LogP contribution is -2.29. The molecule has 0 bridgehead atoms. The number of hydrogen-bond donors (Lipinski definition) is 1. The topological polar surface area (TPSA) is 89.0 Å². The second-order valence-electron chi connectivity index (χ2n) is 8.37. The van der Waals surface area contributed by atoms with Crippen LogP contribution in [0.15, 0.2) is 85.2 Å². The zero-order valence-electron chi connectivity index (χ0n) is 20.3. The van der Waals surface area contributed by atoms with Crippen LogP contribution in [0.5, 0.6) is 11.5 Å². The quantitative estimate of drug-likeness (QED) is 0.200. The van der Waals surface area contributed by atoms with E-state index in [1.807, 2.05) is 19.9 Å². The lowest BCUT2D eigenvalue weighted by molar-refractivity contribution is -0.140. The number of ether oxygens (including phenoxy) is 2. The van der Waals surface area contributed by atoms with Gasteiger partial charge in [0, 0.05) is 24.5 Å². The number of aromatic nitrogens is 1. The minimum absolute atomic E-state index is 0.0379. The molecule has 0 spiro atoms. The monoisotopic (exact) mass is 484 g/mol. The van der Waals surface area contributed by atoms with E-state index in [0.717, 1.165) is 11.1 Å². The summed E-state index contributed by atoms with van der Waals surface area (Å²) < 4.78 is 11.1. The smallest absolute Gasteiger partial charge is 0.295 e. The molecule has 0 radical (unpaired) electrons. The van der Waals surface area contributed by atoms with Crippen LogP contribution in [-0.2, 0) is 16.1 Å². The number of pyridine rings is 1. The zero-order valence-corrected chi connectivity index (χ0v) is 20.3. The van der Waals surface area contributed by atoms with Gasteiger partial charge in [0.2, 0.25) is 0 Å². The van der Waals surface area contributed by atoms with E-state index in [1.165, 1.54) is 4.90 Å². The molecule has 1 aromatic heterocycles. The number of amides is 1. The highest BCUT2D eigenvalue weighted by Gasteiger charge is 2.46. The molecule has 36 heavy (non-hydrogen) atoms. The van der Waals surface area contributed by atoms with Gasteiger partial charge >= 0.3 is 0 Å². The highest BCUT2D eigenvalue weighted by atomic mass is 16.5. The lowest BCUT2D eigenvalue weighted by atomic mass is 9.93. The van der Waals surface area contributed by atoms with Crippen molar-refractivity contribution < 1.29 is 24.2 Å². The third-order valence-corrected chi connectivity index (χ3v) is 5.94. The molecule has 2 heterocycles. The van der Waals surface area contributed by atoms with E-state index >= 15 is 0 Å². The van der Waals surface area contributed by atoms with E-state index in [9.17, 15) is 14.7 Å². The highest BCUT2D eigenvalue weighted by molar-refractivity contribution is 6.46. The Hall–Kier alpha value is -4.39. The largest absolute Gasteiger partial charge is 0.507 e. The van der Waals surface area contributed by atoms with Crippen LogP contribution in [0.3, 0.4) is 0 Å². The first-order chi connectivity index (χ1) is 17.4. The molecule has 1 aliphatic rings. The SMILES string of the molecule is C=CCOc1ccc(C2/C(=C(/O)c3ccc(OCC)cc3C)C(=O)C(=O)N2Cc2cccnc2)cc1. The first kappa shape index (κ1) is 24.7. The van der Waals surface area contributed by atoms with Gasteiger partial charge in [-0.05, 0) is 66.9 Å². The molecule has 1 fully saturated rings. The number of carbonyl (C=O) groups is 2. The van der Waals surface area contributed by atoms with Crippen LogP contribution in [0.25, 0.3) is 5.76 Å². The second kappa shape index (κ2) is 10.9. The van der Waals surface area contributed by atoms with Crippen molar-refractivity contribution in [2.45, 2.75) is 26.4 Å². The predicted molar refractivity (Wildman–Crippen MR) is 137 cm³/mol. The molecule has 4 rings (SSSR count). The molecule has 184 valence electrons. The number of aliphatic hydroxyl groups is 1. The van der Waals surface area contributed by atoms with Crippen molar-refractivity contribution >= 4 is 17.4 Å². The van der Waals surface area contributed by atoms with Gasteiger partial charge in [0.1, 0.15) is 23.9 Å². The van der Waals surface area contributed by atoms with Gasteiger partial charge in [-0.25, -0.2) is 0 Å². The minimum atomic E-state index is -0.787. The molecule has 1 N–H and O–H groups in total. The summed E-state index contributed by atoms with van der Waals surface area (Å²) >= 11 is 0. The summed E-state index contributed by atoms with van der Waals surface area (Å²) in [5.74, 6) is -0.345. The van der Waals surface area contributed by atoms with Gasteiger partial charge in [-0.3, -0.25) is 14.6 Å². The van der Waals surface area contributed by atoms with E-state index in [4.69, 9.17) is 9.47 Å². The fourth-order valence-corrected chi connectivity index (χ4v) is 4.28. The van der Waals surface area contributed by atoms with Crippen molar-refractivity contribution in [1.82, 2.24) is 9.88 Å². The standard InChI is InChI=1S/C29H28N2O5/c1-4-15-36-22-10-8-21(9-11-22)26-25(27(32)24-13-12-23(35-5-2)16-19(24)3)28(33)29(34)31(26)18-20-7-6-14-30-17-20/h4,6-14,16-17,26,32H,1,5,15,18H2,2-3H3/b27-25-. The molecule has 7 heteroatoms. The molecule has 1 unspecified atom stereocenters. The number of aliphatic hydroxyl groups excluding tert-OH is 1. The Morgan fingerprint density at radius 1 is 1.11 bits per heavy atom. The van der Waals surface area contributed by atoms with Gasteiger partial charge in [-0.1, -0.05) is 30.9 Å². The third kappa shape index (κ3) is 5.00.